The Bertz CT molecular complexity index is 4460. The van der Waals surface area contributed by atoms with E-state index in [1.807, 2.05) is 133 Å². The Morgan fingerprint density at radius 2 is 0.722 bits per heavy atom. The summed E-state index contributed by atoms with van der Waals surface area (Å²) in [5, 5.41) is 9.31. The molecule has 1 aliphatic heterocycles. The molecule has 0 N–H and O–H groups in total. The Kier molecular flexibility index (Phi) is 11.7. The smallest absolute Gasteiger partial charge is 0.148 e. The van der Waals surface area contributed by atoms with Gasteiger partial charge in [-0.2, -0.15) is 0 Å². The van der Waals surface area contributed by atoms with Gasteiger partial charge in [-0.15, -0.1) is 0 Å². The van der Waals surface area contributed by atoms with Crippen LogP contribution in [0.5, 0.6) is 0 Å². The molecule has 2 nitrogen and oxygen atoms in total. The van der Waals surface area contributed by atoms with Gasteiger partial charge >= 0.3 is 0 Å². The van der Waals surface area contributed by atoms with Gasteiger partial charge in [-0.3, -0.25) is 0 Å². The number of rotatable bonds is 10. The van der Waals surface area contributed by atoms with Gasteiger partial charge in [0.15, 0.2) is 0 Å². The molecule has 376 valence electrons. The molecule has 0 fully saturated rings. The topological polar surface area (TPSA) is 6.48 Å². The van der Waals surface area contributed by atoms with Gasteiger partial charge in [-0.05, 0) is 155 Å². The number of fused-ring (bicyclic) bond motifs is 6. The quantitative estimate of drug-likeness (QED) is 0.0995. The van der Waals surface area contributed by atoms with E-state index in [0.29, 0.717) is 11.4 Å². The maximum Gasteiger partial charge on any atom is 0.148 e. The zero-order valence-corrected chi connectivity index (χ0v) is 44.7. The van der Waals surface area contributed by atoms with E-state index in [4.69, 9.17) is 0 Å². The summed E-state index contributed by atoms with van der Waals surface area (Å²) in [6, 6.07) is 95.4. The summed E-state index contributed by atoms with van der Waals surface area (Å²) in [5.74, 6) is -0.622. The first-order chi connectivity index (χ1) is 38.8. The van der Waals surface area contributed by atoms with E-state index in [-0.39, 0.29) is 11.6 Å². The van der Waals surface area contributed by atoms with E-state index < -0.39 is 8.07 Å². The van der Waals surface area contributed by atoms with Crippen LogP contribution in [-0.4, -0.2) is 8.07 Å². The van der Waals surface area contributed by atoms with Crippen LogP contribution in [0.4, 0.5) is 42.9 Å². The van der Waals surface area contributed by atoms with Crippen molar-refractivity contribution in [3.63, 3.8) is 0 Å². The number of para-hydroxylation sites is 2. The summed E-state index contributed by atoms with van der Waals surface area (Å²) >= 11 is 0. The van der Waals surface area contributed by atoms with Crippen molar-refractivity contribution in [3.05, 3.63) is 291 Å². The summed E-state index contributed by atoms with van der Waals surface area (Å²) in [6.45, 7) is 4.90. The summed E-state index contributed by atoms with van der Waals surface area (Å²) < 4.78 is 35.5. The normalized spacial score (nSPS) is 12.4. The molecular formula is C74H52F2N2Si. The van der Waals surface area contributed by atoms with Gasteiger partial charge in [0, 0.05) is 33.6 Å². The minimum Gasteiger partial charge on any atom is -0.307 e. The van der Waals surface area contributed by atoms with Crippen molar-refractivity contribution in [1.29, 1.82) is 0 Å². The highest BCUT2D eigenvalue weighted by Gasteiger charge is 2.37. The second-order valence-electron chi connectivity index (χ2n) is 21.1. The van der Waals surface area contributed by atoms with Crippen molar-refractivity contribution in [3.8, 4) is 55.6 Å². The fraction of sp³-hybridized carbons (Fsp3) is 0.0270. The molecule has 0 radical (unpaired) electrons. The maximum atomic E-state index is 17.9. The highest BCUT2D eigenvalue weighted by Crippen LogP contribution is 2.51. The molecule has 14 rings (SSSR count). The third-order valence-electron chi connectivity index (χ3n) is 16.1. The van der Waals surface area contributed by atoms with Crippen molar-refractivity contribution in [2.24, 2.45) is 0 Å². The third kappa shape index (κ3) is 8.12. The van der Waals surface area contributed by atoms with Gasteiger partial charge in [0.1, 0.15) is 19.7 Å². The number of hydrogen-bond acceptors (Lipinski definition) is 2. The van der Waals surface area contributed by atoms with Crippen LogP contribution in [0.25, 0.3) is 88.0 Å². The summed E-state index contributed by atoms with van der Waals surface area (Å²) in [6.07, 6.45) is 0. The lowest BCUT2D eigenvalue weighted by molar-refractivity contribution is 0.629. The van der Waals surface area contributed by atoms with Gasteiger partial charge in [-0.1, -0.05) is 219 Å². The van der Waals surface area contributed by atoms with Gasteiger partial charge in [0.05, 0.1) is 17.1 Å². The van der Waals surface area contributed by atoms with Gasteiger partial charge in [0.25, 0.3) is 0 Å². The summed E-state index contributed by atoms with van der Waals surface area (Å²) in [7, 11) is -2.53. The lowest BCUT2D eigenvalue weighted by atomic mass is 9.89. The molecule has 0 saturated heterocycles. The number of nitrogens with zero attached hydrogens (tertiary/aromatic N) is 2. The molecule has 5 heteroatoms. The van der Waals surface area contributed by atoms with Crippen LogP contribution in [0.3, 0.4) is 0 Å². The molecule has 79 heavy (non-hydrogen) atoms. The molecule has 1 heterocycles. The average molecular weight is 1040 g/mol. The minimum atomic E-state index is -2.53. The zero-order chi connectivity index (χ0) is 53.2. The average Bonchev–Trinajstić information content (AvgIpc) is 3.49. The van der Waals surface area contributed by atoms with Crippen molar-refractivity contribution in [2.45, 2.75) is 13.1 Å². The van der Waals surface area contributed by atoms with E-state index in [2.05, 4.69) is 156 Å². The van der Waals surface area contributed by atoms with E-state index in [9.17, 15) is 0 Å². The second kappa shape index (κ2) is 19.4. The SMILES string of the molecule is C[Si]1(C)c2cc(N(c3ccccc3)c3c(F)cc(-c4ccccc4)cc3-c3ccccc3)ccc2-c2cc3c4ccccc4c(N(c4ccccc4)c4c(F)cc(-c5ccccc5)cc4-c4ccccc4)cc3c3cccc1c23. The minimum absolute atomic E-state index is 0.305. The highest BCUT2D eigenvalue weighted by molar-refractivity contribution is 7.03. The lowest BCUT2D eigenvalue weighted by Gasteiger charge is -2.36. The van der Waals surface area contributed by atoms with E-state index in [1.165, 1.54) is 26.9 Å². The summed E-state index contributed by atoms with van der Waals surface area (Å²) in [5.41, 5.74) is 13.8. The van der Waals surface area contributed by atoms with Crippen molar-refractivity contribution >= 4 is 84.9 Å². The van der Waals surface area contributed by atoms with Crippen LogP contribution in [0, 0.1) is 11.6 Å². The lowest BCUT2D eigenvalue weighted by Crippen LogP contribution is -2.56. The van der Waals surface area contributed by atoms with Crippen molar-refractivity contribution < 1.29 is 8.78 Å². The molecule has 13 aromatic rings. The molecular weight excluding hydrogens is 983 g/mol. The van der Waals surface area contributed by atoms with E-state index in [1.54, 1.807) is 12.1 Å². The molecule has 0 saturated carbocycles. The zero-order valence-electron chi connectivity index (χ0n) is 43.7. The summed E-state index contributed by atoms with van der Waals surface area (Å²) in [4.78, 5) is 4.25. The number of halogens is 2. The Balaban J connectivity index is 0.993. The molecule has 0 aromatic heterocycles. The molecule has 0 amide bonds. The fourth-order valence-corrected chi connectivity index (χ4v) is 15.5. The van der Waals surface area contributed by atoms with Crippen molar-refractivity contribution in [1.82, 2.24) is 0 Å². The molecule has 0 bridgehead atoms. The highest BCUT2D eigenvalue weighted by atomic mass is 28.3. The van der Waals surface area contributed by atoms with Crippen LogP contribution in [0.2, 0.25) is 13.1 Å². The fourth-order valence-electron chi connectivity index (χ4n) is 12.4. The number of hydrogen-bond donors (Lipinski definition) is 0. The van der Waals surface area contributed by atoms with Crippen LogP contribution >= 0.6 is 0 Å². The monoisotopic (exact) mass is 1030 g/mol. The van der Waals surface area contributed by atoms with Gasteiger partial charge in [-0.25, -0.2) is 8.78 Å². The van der Waals surface area contributed by atoms with Crippen LogP contribution in [-0.2, 0) is 0 Å². The largest absolute Gasteiger partial charge is 0.307 e. The first-order valence-electron chi connectivity index (χ1n) is 27.0. The van der Waals surface area contributed by atoms with Gasteiger partial charge in [0.2, 0.25) is 0 Å². The van der Waals surface area contributed by atoms with Crippen LogP contribution in [0.15, 0.2) is 279 Å². The van der Waals surface area contributed by atoms with E-state index in [0.717, 1.165) is 94.2 Å². The first-order valence-corrected chi connectivity index (χ1v) is 30.0. The van der Waals surface area contributed by atoms with Crippen molar-refractivity contribution in [2.75, 3.05) is 9.80 Å². The second-order valence-corrected chi connectivity index (χ2v) is 25.4. The standard InChI is InChI=1S/C74H52F2N2Si/c1-79(2)70-39-23-38-61-65-48-69(78(56-34-19-8-20-35-56)74-63(52-30-15-6-16-31-52)43-54(45-68(74)76)50-26-11-4-12-27-50)59-37-22-21-36-58(59)64(65)47-66(72(61)70)60-41-40-57(46-71(60)79)77(55-32-17-7-18-33-55)73-62(51-28-13-5-14-29-51)42-53(44-67(73)75)49-24-9-3-10-25-49/h3-48H,1-2H3. The molecule has 13 aromatic carbocycles. The van der Waals surface area contributed by atoms with Gasteiger partial charge < -0.3 is 9.80 Å². The Labute approximate surface area is 460 Å². The number of benzene rings is 13. The third-order valence-corrected chi connectivity index (χ3v) is 19.6. The maximum absolute atomic E-state index is 17.9. The molecule has 0 aliphatic carbocycles. The first kappa shape index (κ1) is 47.7. The number of anilines is 6. The van der Waals surface area contributed by atoms with E-state index >= 15 is 8.78 Å². The molecule has 0 spiro atoms. The molecule has 0 atom stereocenters. The molecule has 0 unspecified atom stereocenters. The molecule has 1 aliphatic rings. The Hall–Kier alpha value is -9.68. The Morgan fingerprint density at radius 1 is 0.278 bits per heavy atom. The van der Waals surface area contributed by atoms with Crippen LogP contribution in [0.1, 0.15) is 0 Å². The van der Waals surface area contributed by atoms with Crippen LogP contribution < -0.4 is 20.2 Å². The predicted molar refractivity (Wildman–Crippen MR) is 332 cm³/mol. The predicted octanol–water partition coefficient (Wildman–Crippen LogP) is 19.8. The Morgan fingerprint density at radius 3 is 1.27 bits per heavy atom.